The maximum absolute atomic E-state index is 11.8. The summed E-state index contributed by atoms with van der Waals surface area (Å²) in [6.07, 6.45) is 5.22. The predicted octanol–water partition coefficient (Wildman–Crippen LogP) is 1.40. The van der Waals surface area contributed by atoms with Crippen molar-refractivity contribution in [1.82, 2.24) is 10.3 Å². The van der Waals surface area contributed by atoms with Crippen molar-refractivity contribution in [3.05, 3.63) is 24.0 Å². The zero-order chi connectivity index (χ0) is 14.4. The quantitative estimate of drug-likeness (QED) is 0.852. The summed E-state index contributed by atoms with van der Waals surface area (Å²) < 4.78 is 0. The van der Waals surface area contributed by atoms with E-state index in [1.807, 2.05) is 19.1 Å². The summed E-state index contributed by atoms with van der Waals surface area (Å²) in [5.74, 6) is 0.555. The van der Waals surface area contributed by atoms with E-state index < -0.39 is 0 Å². The zero-order valence-electron chi connectivity index (χ0n) is 12.1. The normalized spacial score (nSPS) is 18.9. The molecule has 0 bridgehead atoms. The monoisotopic (exact) mass is 276 g/mol. The molecule has 3 N–H and O–H groups in total. The molecule has 1 atom stereocenters. The third kappa shape index (κ3) is 3.70. The van der Waals surface area contributed by atoms with Crippen LogP contribution in [0.1, 0.15) is 36.7 Å². The van der Waals surface area contributed by atoms with E-state index in [0.717, 1.165) is 31.7 Å². The Bertz CT molecular complexity index is 447. The number of carbonyl (C=O) groups excluding carboxylic acids is 1. The van der Waals surface area contributed by atoms with Gasteiger partial charge in [0.05, 0.1) is 0 Å². The van der Waals surface area contributed by atoms with Gasteiger partial charge in [-0.05, 0) is 50.8 Å². The fraction of sp³-hybridized carbons (Fsp3) is 0.600. The van der Waals surface area contributed by atoms with Gasteiger partial charge in [0.1, 0.15) is 5.69 Å². The first kappa shape index (κ1) is 14.8. The number of pyridine rings is 1. The van der Waals surface area contributed by atoms with Crippen LogP contribution in [-0.4, -0.2) is 37.1 Å². The summed E-state index contributed by atoms with van der Waals surface area (Å²) >= 11 is 0. The Morgan fingerprint density at radius 3 is 3.20 bits per heavy atom. The molecule has 0 spiro atoms. The highest BCUT2D eigenvalue weighted by atomic mass is 16.1. The first-order chi connectivity index (χ1) is 9.74. The molecule has 1 amide bonds. The van der Waals surface area contributed by atoms with Crippen LogP contribution in [-0.2, 0) is 0 Å². The van der Waals surface area contributed by atoms with E-state index in [4.69, 9.17) is 5.73 Å². The number of nitrogens with one attached hydrogen (secondary N) is 1. The third-order valence-corrected chi connectivity index (χ3v) is 3.77. The lowest BCUT2D eigenvalue weighted by Crippen LogP contribution is -2.36. The van der Waals surface area contributed by atoms with E-state index in [2.05, 4.69) is 15.2 Å². The van der Waals surface area contributed by atoms with Crippen molar-refractivity contribution in [2.45, 2.75) is 26.2 Å². The Labute approximate surface area is 120 Å². The van der Waals surface area contributed by atoms with Crippen LogP contribution in [0.2, 0.25) is 0 Å². The molecular formula is C15H24N4O. The van der Waals surface area contributed by atoms with Gasteiger partial charge in [-0.15, -0.1) is 0 Å². The van der Waals surface area contributed by atoms with Gasteiger partial charge in [-0.1, -0.05) is 0 Å². The minimum absolute atomic E-state index is 0.107. The highest BCUT2D eigenvalue weighted by Crippen LogP contribution is 2.24. The Hall–Kier alpha value is -1.62. The maximum Gasteiger partial charge on any atom is 0.269 e. The Kier molecular flexibility index (Phi) is 5.35. The number of hydrogen-bond acceptors (Lipinski definition) is 4. The lowest BCUT2D eigenvalue weighted by molar-refractivity contribution is 0.0951. The number of hydrogen-bond donors (Lipinski definition) is 2. The van der Waals surface area contributed by atoms with Gasteiger partial charge in [0.25, 0.3) is 5.91 Å². The molecule has 2 heterocycles. The van der Waals surface area contributed by atoms with Crippen molar-refractivity contribution < 1.29 is 4.79 Å². The molecule has 1 aliphatic rings. The second kappa shape index (κ2) is 7.24. The van der Waals surface area contributed by atoms with Crippen LogP contribution in [0, 0.1) is 5.92 Å². The molecule has 0 aromatic carbocycles. The molecular weight excluding hydrogens is 252 g/mol. The van der Waals surface area contributed by atoms with Gasteiger partial charge in [-0.3, -0.25) is 9.78 Å². The largest absolute Gasteiger partial charge is 0.371 e. The Balaban J connectivity index is 2.08. The second-order valence-electron chi connectivity index (χ2n) is 5.29. The predicted molar refractivity (Wildman–Crippen MR) is 80.9 cm³/mol. The Morgan fingerprint density at radius 1 is 1.60 bits per heavy atom. The lowest BCUT2D eigenvalue weighted by atomic mass is 9.94. The van der Waals surface area contributed by atoms with E-state index in [1.54, 1.807) is 6.20 Å². The van der Waals surface area contributed by atoms with Gasteiger partial charge < -0.3 is 16.0 Å². The molecule has 0 saturated carbocycles. The molecule has 1 aromatic rings. The molecule has 1 aromatic heterocycles. The molecule has 5 nitrogen and oxygen atoms in total. The zero-order valence-corrected chi connectivity index (χ0v) is 12.1. The van der Waals surface area contributed by atoms with Crippen LogP contribution in [0.5, 0.6) is 0 Å². The average Bonchev–Trinajstić information content (AvgIpc) is 2.48. The highest BCUT2D eigenvalue weighted by Gasteiger charge is 2.20. The van der Waals surface area contributed by atoms with Crippen LogP contribution in [0.3, 0.4) is 0 Å². The molecule has 2 rings (SSSR count). The van der Waals surface area contributed by atoms with Gasteiger partial charge in [-0.25, -0.2) is 0 Å². The molecule has 1 unspecified atom stereocenters. The van der Waals surface area contributed by atoms with Crippen LogP contribution < -0.4 is 16.0 Å². The molecule has 1 aliphatic heterocycles. The van der Waals surface area contributed by atoms with E-state index in [-0.39, 0.29) is 5.91 Å². The number of piperidine rings is 1. The molecule has 0 aliphatic carbocycles. The van der Waals surface area contributed by atoms with Gasteiger partial charge >= 0.3 is 0 Å². The van der Waals surface area contributed by atoms with Gasteiger partial charge in [0.2, 0.25) is 0 Å². The van der Waals surface area contributed by atoms with Crippen molar-refractivity contribution in [2.75, 3.05) is 31.1 Å². The summed E-state index contributed by atoms with van der Waals surface area (Å²) in [4.78, 5) is 18.3. The maximum atomic E-state index is 11.8. The lowest BCUT2D eigenvalue weighted by Gasteiger charge is -2.34. The molecule has 5 heteroatoms. The SMILES string of the molecule is CCNC(=O)c1cc(N2CCCC(CCN)C2)ccn1. The van der Waals surface area contributed by atoms with Crippen molar-refractivity contribution in [1.29, 1.82) is 0 Å². The Morgan fingerprint density at radius 2 is 2.45 bits per heavy atom. The third-order valence-electron chi connectivity index (χ3n) is 3.77. The molecule has 110 valence electrons. The van der Waals surface area contributed by atoms with E-state index >= 15 is 0 Å². The standard InChI is InChI=1S/C15H24N4O/c1-2-17-15(20)14-10-13(6-8-18-14)19-9-3-4-12(11-19)5-7-16/h6,8,10,12H,2-5,7,9,11,16H2,1H3,(H,17,20). The average molecular weight is 276 g/mol. The van der Waals surface area contributed by atoms with Gasteiger partial charge in [0, 0.05) is 31.5 Å². The number of rotatable bonds is 5. The highest BCUT2D eigenvalue weighted by molar-refractivity contribution is 5.93. The number of nitrogens with two attached hydrogens (primary N) is 1. The minimum Gasteiger partial charge on any atom is -0.371 e. The van der Waals surface area contributed by atoms with Crippen molar-refractivity contribution >= 4 is 11.6 Å². The number of nitrogens with zero attached hydrogens (tertiary/aromatic N) is 2. The summed E-state index contributed by atoms with van der Waals surface area (Å²) in [6.45, 7) is 5.34. The smallest absolute Gasteiger partial charge is 0.269 e. The number of carbonyl (C=O) groups is 1. The summed E-state index contributed by atoms with van der Waals surface area (Å²) in [6, 6.07) is 3.86. The number of amides is 1. The summed E-state index contributed by atoms with van der Waals surface area (Å²) in [7, 11) is 0. The van der Waals surface area contributed by atoms with Gasteiger partial charge in [-0.2, -0.15) is 0 Å². The van der Waals surface area contributed by atoms with E-state index in [0.29, 0.717) is 18.2 Å². The second-order valence-corrected chi connectivity index (χ2v) is 5.29. The van der Waals surface area contributed by atoms with Crippen molar-refractivity contribution in [3.63, 3.8) is 0 Å². The minimum atomic E-state index is -0.107. The fourth-order valence-electron chi connectivity index (χ4n) is 2.76. The number of aromatic nitrogens is 1. The van der Waals surface area contributed by atoms with E-state index in [9.17, 15) is 4.79 Å². The van der Waals surface area contributed by atoms with Crippen LogP contribution in [0.25, 0.3) is 0 Å². The summed E-state index contributed by atoms with van der Waals surface area (Å²) in [5, 5.41) is 2.78. The summed E-state index contributed by atoms with van der Waals surface area (Å²) in [5.41, 5.74) is 7.24. The van der Waals surface area contributed by atoms with Crippen LogP contribution >= 0.6 is 0 Å². The van der Waals surface area contributed by atoms with E-state index in [1.165, 1.54) is 12.8 Å². The molecule has 1 saturated heterocycles. The van der Waals surface area contributed by atoms with Crippen molar-refractivity contribution in [3.8, 4) is 0 Å². The van der Waals surface area contributed by atoms with Crippen LogP contribution in [0.4, 0.5) is 5.69 Å². The molecule has 20 heavy (non-hydrogen) atoms. The van der Waals surface area contributed by atoms with Gasteiger partial charge in [0.15, 0.2) is 0 Å². The molecule has 1 fully saturated rings. The topological polar surface area (TPSA) is 71.2 Å². The first-order valence-corrected chi connectivity index (χ1v) is 7.44. The fourth-order valence-corrected chi connectivity index (χ4v) is 2.76. The van der Waals surface area contributed by atoms with Crippen molar-refractivity contribution in [2.24, 2.45) is 11.7 Å². The first-order valence-electron chi connectivity index (χ1n) is 7.44. The van der Waals surface area contributed by atoms with Crippen LogP contribution in [0.15, 0.2) is 18.3 Å². The number of anilines is 1. The molecule has 0 radical (unpaired) electrons.